The molecule has 0 bridgehead atoms. The highest BCUT2D eigenvalue weighted by Crippen LogP contribution is 2.25. The van der Waals surface area contributed by atoms with E-state index in [0.717, 1.165) is 25.2 Å². The van der Waals surface area contributed by atoms with Crippen molar-refractivity contribution in [2.24, 2.45) is 0 Å². The fourth-order valence-electron chi connectivity index (χ4n) is 3.48. The number of aromatic nitrogens is 3. The van der Waals surface area contributed by atoms with Crippen molar-refractivity contribution >= 4 is 29.3 Å². The van der Waals surface area contributed by atoms with Crippen LogP contribution >= 0.6 is 23.4 Å². The number of pyridine rings is 1. The summed E-state index contributed by atoms with van der Waals surface area (Å²) in [6, 6.07) is 11.4. The number of amides is 1. The summed E-state index contributed by atoms with van der Waals surface area (Å²) in [6.45, 7) is 5.33. The molecule has 0 saturated carbocycles. The number of benzene rings is 1. The molecule has 0 N–H and O–H groups in total. The number of hydrogen-bond donors (Lipinski definition) is 0. The van der Waals surface area contributed by atoms with Crippen LogP contribution in [-0.2, 0) is 11.3 Å². The second kappa shape index (κ2) is 9.59. The fourth-order valence-corrected chi connectivity index (χ4v) is 4.26. The van der Waals surface area contributed by atoms with Crippen molar-refractivity contribution in [1.82, 2.24) is 25.0 Å². The van der Waals surface area contributed by atoms with Crippen LogP contribution in [0.25, 0.3) is 11.5 Å². The fraction of sp³-hybridized carbons (Fsp3) is 0.333. The lowest BCUT2D eigenvalue weighted by Crippen LogP contribution is -2.54. The summed E-state index contributed by atoms with van der Waals surface area (Å²) in [4.78, 5) is 21.2. The van der Waals surface area contributed by atoms with Crippen LogP contribution in [0.4, 0.5) is 0 Å². The van der Waals surface area contributed by atoms with E-state index in [4.69, 9.17) is 16.0 Å². The van der Waals surface area contributed by atoms with Crippen molar-refractivity contribution in [2.75, 3.05) is 25.4 Å². The first-order valence-electron chi connectivity index (χ1n) is 9.71. The summed E-state index contributed by atoms with van der Waals surface area (Å²) in [5.41, 5.74) is 1.98. The minimum atomic E-state index is 0.0831. The molecule has 1 amide bonds. The van der Waals surface area contributed by atoms with Crippen molar-refractivity contribution < 1.29 is 9.21 Å². The Morgan fingerprint density at radius 1 is 1.23 bits per heavy atom. The van der Waals surface area contributed by atoms with E-state index in [9.17, 15) is 4.79 Å². The van der Waals surface area contributed by atoms with E-state index in [1.54, 1.807) is 18.3 Å². The molecular formula is C21H22ClN5O2S. The minimum Gasteiger partial charge on any atom is -0.411 e. The van der Waals surface area contributed by atoms with Gasteiger partial charge in [0.15, 0.2) is 0 Å². The number of rotatable bonds is 6. The predicted octanol–water partition coefficient (Wildman–Crippen LogP) is 3.61. The number of halogens is 1. The Morgan fingerprint density at radius 3 is 2.80 bits per heavy atom. The van der Waals surface area contributed by atoms with Crippen molar-refractivity contribution in [3.8, 4) is 11.5 Å². The topological polar surface area (TPSA) is 75.4 Å². The third-order valence-electron chi connectivity index (χ3n) is 4.98. The molecule has 4 rings (SSSR count). The molecule has 9 heteroatoms. The first kappa shape index (κ1) is 20.8. The number of thioether (sulfide) groups is 1. The average molecular weight is 444 g/mol. The standard InChI is InChI=1S/C21H22ClN5O2S/c1-15-12-26(13-16-3-2-8-23-11-16)9-10-27(15)19(28)14-30-21-25-24-20(29-21)17-4-6-18(22)7-5-17/h2-8,11,15H,9-10,12-14H2,1H3/t15-/m0/s1. The normalized spacial score (nSPS) is 17.3. The Hall–Kier alpha value is -2.42. The van der Waals surface area contributed by atoms with Crippen molar-refractivity contribution in [3.63, 3.8) is 0 Å². The Bertz CT molecular complexity index is 983. The van der Waals surface area contributed by atoms with E-state index in [1.807, 2.05) is 29.3 Å². The van der Waals surface area contributed by atoms with Gasteiger partial charge in [0.25, 0.3) is 5.22 Å². The van der Waals surface area contributed by atoms with Crippen LogP contribution in [-0.4, -0.2) is 62.3 Å². The Balaban J connectivity index is 1.28. The number of nitrogens with zero attached hydrogens (tertiary/aromatic N) is 5. The smallest absolute Gasteiger partial charge is 0.277 e. The van der Waals surface area contributed by atoms with Crippen LogP contribution in [0.1, 0.15) is 12.5 Å². The van der Waals surface area contributed by atoms with Gasteiger partial charge in [-0.15, -0.1) is 10.2 Å². The predicted molar refractivity (Wildman–Crippen MR) is 116 cm³/mol. The molecule has 0 aliphatic carbocycles. The van der Waals surface area contributed by atoms with E-state index in [1.165, 1.54) is 17.3 Å². The molecule has 1 saturated heterocycles. The number of piperazine rings is 1. The van der Waals surface area contributed by atoms with E-state index in [-0.39, 0.29) is 17.7 Å². The Morgan fingerprint density at radius 2 is 2.07 bits per heavy atom. The van der Waals surface area contributed by atoms with Gasteiger partial charge in [0.1, 0.15) is 0 Å². The lowest BCUT2D eigenvalue weighted by molar-refractivity contribution is -0.132. The Kier molecular flexibility index (Phi) is 6.66. The van der Waals surface area contributed by atoms with Crippen molar-refractivity contribution in [1.29, 1.82) is 0 Å². The SMILES string of the molecule is C[C@H]1CN(Cc2cccnc2)CCN1C(=O)CSc1nnc(-c2ccc(Cl)cc2)o1. The van der Waals surface area contributed by atoms with Gasteiger partial charge >= 0.3 is 0 Å². The molecule has 2 aromatic heterocycles. The molecular weight excluding hydrogens is 422 g/mol. The third kappa shape index (κ3) is 5.19. The molecule has 1 fully saturated rings. The van der Waals surface area contributed by atoms with Gasteiger partial charge in [-0.2, -0.15) is 0 Å². The van der Waals surface area contributed by atoms with Gasteiger partial charge in [0.05, 0.1) is 5.75 Å². The third-order valence-corrected chi connectivity index (χ3v) is 6.03. The molecule has 1 aliphatic heterocycles. The van der Waals surface area contributed by atoms with E-state index >= 15 is 0 Å². The maximum Gasteiger partial charge on any atom is 0.277 e. The molecule has 156 valence electrons. The van der Waals surface area contributed by atoms with Gasteiger partial charge < -0.3 is 9.32 Å². The average Bonchev–Trinajstić information content (AvgIpc) is 3.22. The van der Waals surface area contributed by atoms with Crippen LogP contribution in [0.2, 0.25) is 5.02 Å². The second-order valence-electron chi connectivity index (χ2n) is 7.20. The van der Waals surface area contributed by atoms with Crippen molar-refractivity contribution in [3.05, 3.63) is 59.4 Å². The molecule has 1 aliphatic rings. The molecule has 30 heavy (non-hydrogen) atoms. The summed E-state index contributed by atoms with van der Waals surface area (Å²) in [7, 11) is 0. The molecule has 1 atom stereocenters. The molecule has 3 heterocycles. The van der Waals surface area contributed by atoms with Crippen LogP contribution in [0.3, 0.4) is 0 Å². The second-order valence-corrected chi connectivity index (χ2v) is 8.56. The zero-order valence-electron chi connectivity index (χ0n) is 16.6. The Labute approximate surface area is 184 Å². The molecule has 0 spiro atoms. The van der Waals surface area contributed by atoms with Crippen molar-refractivity contribution in [2.45, 2.75) is 24.7 Å². The molecule has 3 aromatic rings. The quantitative estimate of drug-likeness (QED) is 0.538. The summed E-state index contributed by atoms with van der Waals surface area (Å²) < 4.78 is 5.67. The van der Waals surface area contributed by atoms with Gasteiger partial charge in [0, 0.05) is 55.2 Å². The lowest BCUT2D eigenvalue weighted by atomic mass is 10.1. The van der Waals surface area contributed by atoms with Crippen LogP contribution in [0, 0.1) is 0 Å². The van der Waals surface area contributed by atoms with Gasteiger partial charge in [-0.05, 0) is 42.8 Å². The monoisotopic (exact) mass is 443 g/mol. The highest BCUT2D eigenvalue weighted by molar-refractivity contribution is 7.99. The maximum absolute atomic E-state index is 12.7. The van der Waals surface area contributed by atoms with Crippen LogP contribution in [0.5, 0.6) is 0 Å². The zero-order valence-corrected chi connectivity index (χ0v) is 18.1. The largest absolute Gasteiger partial charge is 0.411 e. The zero-order chi connectivity index (χ0) is 20.9. The first-order valence-corrected chi connectivity index (χ1v) is 11.1. The molecule has 1 aromatic carbocycles. The van der Waals surface area contributed by atoms with Crippen LogP contribution < -0.4 is 0 Å². The van der Waals surface area contributed by atoms with E-state index in [2.05, 4.69) is 33.1 Å². The molecule has 0 unspecified atom stereocenters. The van der Waals surface area contributed by atoms with Gasteiger partial charge in [-0.3, -0.25) is 14.7 Å². The number of carbonyl (C=O) groups is 1. The van der Waals surface area contributed by atoms with Gasteiger partial charge in [-0.1, -0.05) is 29.4 Å². The highest BCUT2D eigenvalue weighted by atomic mass is 35.5. The van der Waals surface area contributed by atoms with Gasteiger partial charge in [0.2, 0.25) is 11.8 Å². The number of hydrogen-bond acceptors (Lipinski definition) is 7. The van der Waals surface area contributed by atoms with E-state index in [0.29, 0.717) is 22.7 Å². The summed E-state index contributed by atoms with van der Waals surface area (Å²) in [5, 5.41) is 9.12. The van der Waals surface area contributed by atoms with E-state index < -0.39 is 0 Å². The summed E-state index contributed by atoms with van der Waals surface area (Å²) in [6.07, 6.45) is 3.67. The first-order chi connectivity index (χ1) is 14.6. The lowest BCUT2D eigenvalue weighted by Gasteiger charge is -2.39. The maximum atomic E-state index is 12.7. The van der Waals surface area contributed by atoms with Gasteiger partial charge in [-0.25, -0.2) is 0 Å². The van der Waals surface area contributed by atoms with Crippen LogP contribution in [0.15, 0.2) is 58.4 Å². The molecule has 7 nitrogen and oxygen atoms in total. The summed E-state index contributed by atoms with van der Waals surface area (Å²) >= 11 is 7.17. The summed E-state index contributed by atoms with van der Waals surface area (Å²) in [5.74, 6) is 0.772. The molecule has 0 radical (unpaired) electrons. The number of carbonyl (C=O) groups excluding carboxylic acids is 1. The minimum absolute atomic E-state index is 0.0831. The highest BCUT2D eigenvalue weighted by Gasteiger charge is 2.27.